The van der Waals surface area contributed by atoms with E-state index in [1.54, 1.807) is 32.6 Å². The van der Waals surface area contributed by atoms with Gasteiger partial charge in [0.2, 0.25) is 0 Å². The molecule has 8 aromatic carbocycles. The Balaban J connectivity index is 0.0000000978. The van der Waals surface area contributed by atoms with Crippen molar-refractivity contribution in [3.63, 3.8) is 0 Å². The first-order valence-electron chi connectivity index (χ1n) is 39.1. The van der Waals surface area contributed by atoms with E-state index >= 15 is 0 Å². The van der Waals surface area contributed by atoms with Gasteiger partial charge < -0.3 is 54.1 Å². The van der Waals surface area contributed by atoms with Crippen LogP contribution in [0.4, 0.5) is 0 Å². The molecule has 1 aliphatic heterocycles. The molecule has 5 atom stereocenters. The quantitative estimate of drug-likeness (QED) is 0.0589. The smallest absolute Gasteiger partial charge is 0.251 e. The van der Waals surface area contributed by atoms with Gasteiger partial charge in [-0.05, 0) is 281 Å². The lowest BCUT2D eigenvalue weighted by Crippen LogP contribution is -2.34. The summed E-state index contributed by atoms with van der Waals surface area (Å²) in [6.07, 6.45) is 28.3. The maximum absolute atomic E-state index is 12.8. The number of amides is 1. The Kier molecular flexibility index (Phi) is 21.0. The van der Waals surface area contributed by atoms with Gasteiger partial charge in [0.05, 0.1) is 42.4 Å². The number of fused-ring (bicyclic) bond motifs is 16. The number of aryl methyl sites for hydroxylation is 5. The molecule has 0 radical (unpaired) electrons. The average molecular weight is 1760 g/mol. The number of allylic oxidation sites excluding steroid dienone is 1. The molecule has 0 saturated heterocycles. The van der Waals surface area contributed by atoms with Gasteiger partial charge in [-0.2, -0.15) is 0 Å². The van der Waals surface area contributed by atoms with Crippen molar-refractivity contribution in [2.75, 3.05) is 20.8 Å². The molecule has 1 amide bonds. The van der Waals surface area contributed by atoms with Gasteiger partial charge in [-0.25, -0.2) is 4.98 Å². The van der Waals surface area contributed by atoms with Crippen LogP contribution in [0.25, 0.3) is 65.5 Å². The summed E-state index contributed by atoms with van der Waals surface area (Å²) in [6.45, 7) is 0.755. The largest absolute Gasteiger partial charge is 0.508 e. The maximum atomic E-state index is 12.8. The van der Waals surface area contributed by atoms with Gasteiger partial charge in [0.1, 0.15) is 24.4 Å². The third kappa shape index (κ3) is 14.5. The van der Waals surface area contributed by atoms with Crippen LogP contribution >= 0.6 is 75.3 Å². The van der Waals surface area contributed by atoms with Gasteiger partial charge in [0.25, 0.3) is 5.91 Å². The minimum Gasteiger partial charge on any atom is -0.508 e. The number of halogens is 5. The van der Waals surface area contributed by atoms with Crippen LogP contribution in [0, 0.1) is 0 Å². The van der Waals surface area contributed by atoms with Crippen LogP contribution in [0.15, 0.2) is 229 Å². The molecule has 0 spiro atoms. The second-order valence-electron chi connectivity index (χ2n) is 30.5. The first-order valence-corrected chi connectivity index (χ1v) is 42.6. The molecule has 0 bridgehead atoms. The van der Waals surface area contributed by atoms with Gasteiger partial charge in [-0.15, -0.1) is 0 Å². The van der Waals surface area contributed by atoms with Crippen molar-refractivity contribution in [1.29, 1.82) is 0 Å². The van der Waals surface area contributed by atoms with Gasteiger partial charge in [0.15, 0.2) is 0 Å². The minimum absolute atomic E-state index is 0.163. The van der Waals surface area contributed by atoms with Gasteiger partial charge in [-0.3, -0.25) is 4.79 Å². The number of imidazole rings is 1. The first kappa shape index (κ1) is 73.9. The number of aromatic hydroxyl groups is 1. The Morgan fingerprint density at radius 3 is 1.50 bits per heavy atom. The average Bonchev–Trinajstić information content (AvgIpc) is 1.62. The molecule has 566 valence electrons. The minimum atomic E-state index is 0.163. The molecule has 6 aliphatic carbocycles. The van der Waals surface area contributed by atoms with Crippen molar-refractivity contribution in [3.05, 3.63) is 307 Å². The zero-order chi connectivity index (χ0) is 76.3. The number of para-hydroxylation sites is 2. The molecule has 7 N–H and O–H groups in total. The van der Waals surface area contributed by atoms with Crippen LogP contribution in [0.2, 0.25) is 5.02 Å². The van der Waals surface area contributed by atoms with Crippen LogP contribution in [-0.2, 0) is 41.7 Å². The summed E-state index contributed by atoms with van der Waals surface area (Å²) in [6, 6.07) is 58.9. The fourth-order valence-electron chi connectivity index (χ4n) is 18.8. The molecule has 15 aromatic rings. The van der Waals surface area contributed by atoms with E-state index < -0.39 is 0 Å². The van der Waals surface area contributed by atoms with Crippen LogP contribution in [0.5, 0.6) is 11.5 Å². The Bertz CT molecular complexity index is 6140. The highest BCUT2D eigenvalue weighted by molar-refractivity contribution is 9.11. The van der Waals surface area contributed by atoms with Crippen molar-refractivity contribution in [2.24, 2.45) is 5.16 Å². The van der Waals surface area contributed by atoms with Crippen molar-refractivity contribution in [3.8, 4) is 11.5 Å². The predicted molar refractivity (Wildman–Crippen MR) is 467 cm³/mol. The number of nitrogens with one attached hydrogen (secondary N) is 6. The Morgan fingerprint density at radius 2 is 0.973 bits per heavy atom. The highest BCUT2D eigenvalue weighted by Gasteiger charge is 2.39. The molecule has 8 heterocycles. The number of methoxy groups -OCH3 is 1. The summed E-state index contributed by atoms with van der Waals surface area (Å²) in [4.78, 5) is 46.1. The Labute approximate surface area is 688 Å². The molecule has 5 unspecified atom stereocenters. The summed E-state index contributed by atoms with van der Waals surface area (Å²) in [5.74, 6) is 3.74. The fraction of sp³-hybridized carbons (Fsp3) is 0.258. The molecule has 7 aliphatic rings. The lowest BCUT2D eigenvalue weighted by molar-refractivity contribution is -0.128. The molecule has 112 heavy (non-hydrogen) atoms. The zero-order valence-electron chi connectivity index (χ0n) is 62.3. The number of carbonyl (C=O) groups is 1. The molecule has 7 aromatic heterocycles. The Hall–Kier alpha value is -9.56. The number of carbonyl (C=O) groups excluding carboxylic acids is 1. The molecule has 19 heteroatoms. The summed E-state index contributed by atoms with van der Waals surface area (Å²) in [7, 11) is 3.27. The van der Waals surface area contributed by atoms with E-state index in [0.717, 1.165) is 133 Å². The normalized spacial score (nSPS) is 18.8. The first-order chi connectivity index (χ1) is 54.8. The van der Waals surface area contributed by atoms with Crippen molar-refractivity contribution in [1.82, 2.24) is 44.4 Å². The number of nitrogens with zero attached hydrogens (tertiary/aromatic N) is 4. The number of oxime groups is 1. The number of hydrogen-bond acceptors (Lipinski definition) is 6. The van der Waals surface area contributed by atoms with E-state index in [1.807, 2.05) is 36.4 Å². The van der Waals surface area contributed by atoms with Crippen molar-refractivity contribution < 1.29 is 19.5 Å². The predicted octanol–water partition coefficient (Wildman–Crippen LogP) is 24.7. The fourth-order valence-corrected chi connectivity index (χ4v) is 20.4. The number of aromatic amines is 6. The number of phenolic OH excluding ortho intramolecular Hbond substituents is 1. The number of rotatable bonds is 8. The summed E-state index contributed by atoms with van der Waals surface area (Å²) < 4.78 is 12.1. The number of benzene rings is 8. The highest BCUT2D eigenvalue weighted by Crippen LogP contribution is 2.47. The number of hydrogen-bond donors (Lipinski definition) is 7. The summed E-state index contributed by atoms with van der Waals surface area (Å²) >= 11 is 20.5. The Morgan fingerprint density at radius 1 is 0.509 bits per heavy atom. The second kappa shape index (κ2) is 31.8. The van der Waals surface area contributed by atoms with Crippen molar-refractivity contribution in [2.45, 2.75) is 133 Å². The molecular weight excluding hydrogens is 1680 g/mol. The molecule has 0 saturated carbocycles. The van der Waals surface area contributed by atoms with E-state index in [9.17, 15) is 9.90 Å². The maximum Gasteiger partial charge on any atom is 0.251 e. The lowest BCUT2D eigenvalue weighted by Gasteiger charge is -2.32. The summed E-state index contributed by atoms with van der Waals surface area (Å²) in [5, 5.41) is 20.7. The lowest BCUT2D eigenvalue weighted by atomic mass is 9.82. The van der Waals surface area contributed by atoms with E-state index in [2.05, 4.69) is 254 Å². The van der Waals surface area contributed by atoms with E-state index in [4.69, 9.17) is 26.2 Å². The number of H-pyrrole nitrogens is 6. The van der Waals surface area contributed by atoms with E-state index in [0.29, 0.717) is 29.5 Å². The van der Waals surface area contributed by atoms with Gasteiger partial charge in [-0.1, -0.05) is 129 Å². The molecular formula is C93H85Br4ClN10O4. The standard InChI is InChI=1S/C19H16BrN3.C19H18BrNO.C19H17ClN2O.C18H18BrN3O.C18H16BrNO/c20-11-8-9-15-14(10-11)12-4-3-5-13(18(12)21-15)19-22-16-6-1-2-7-17(16)23-19;1-22-14-8-5-12(6-9-14)15-3-2-4-16-17-11-13(20)7-10-18(17)21-19(15)16;20-12-7-8-16-15(9-12)14-5-2-6-17(18(14)21-16)22-10-11-3-1-4-13(11)19(22)23;1-23-20-10-12-7-8-22(11-12)17-4-2-3-14-15-9-13(19)5-6-16(15)21-18(14)17;19-12-6-9-17-16(10-12)15-3-1-2-14(18(15)20-17)11-4-7-13(21)8-5-11/h1-2,6-10,13,21H,3-5H2,(H,22,23);5-11,15,21H,2-4H2,1H3;1,3,7-9,17,21H,2,4-6,10H2;5-11,17,21H,2-4H2,1H3;4-10,14,20-21H,1-3H2/b;;;20-10+;. The number of ether oxygens (including phenoxy) is 1. The number of aromatic nitrogens is 8. The zero-order valence-corrected chi connectivity index (χ0v) is 69.4. The van der Waals surface area contributed by atoms with Crippen LogP contribution < -0.4 is 4.74 Å². The topological polar surface area (TPSA) is 184 Å². The van der Waals surface area contributed by atoms with E-state index in [-0.39, 0.29) is 11.9 Å². The third-order valence-electron chi connectivity index (χ3n) is 24.0. The van der Waals surface area contributed by atoms with Gasteiger partial charge >= 0.3 is 0 Å². The van der Waals surface area contributed by atoms with Crippen LogP contribution in [-0.4, -0.2) is 82.3 Å². The molecule has 22 rings (SSSR count). The second-order valence-corrected chi connectivity index (χ2v) is 34.6. The van der Waals surface area contributed by atoms with Crippen molar-refractivity contribution >= 4 is 153 Å². The number of phenols is 1. The SMILES string of the molecule is Brc1ccc2[nH]c3c(c2c1)CCCC3c1nc2ccccc2[nH]1.CO/N=C/c1ccn(C2CCCc3c2[nH]c2ccc(Br)cc32)c1.COc1ccc(C2CCCc3c2[nH]c2ccc(Br)cc32)cc1.O=C1C2=C(C=CC2)CN1C1CCCc2c1[nH]c1ccc(Cl)cc21.Oc1ccc(C2CCCc3c2[nH]c2ccc(Br)cc32)cc1. The summed E-state index contributed by atoms with van der Waals surface area (Å²) in [5.41, 5.74) is 27.9. The van der Waals surface area contributed by atoms with E-state index in [1.165, 1.54) is 161 Å². The van der Waals surface area contributed by atoms with Crippen LogP contribution in [0.1, 0.15) is 179 Å². The molecule has 0 fully saturated rings. The highest BCUT2D eigenvalue weighted by atomic mass is 79.9. The molecule has 14 nitrogen and oxygen atoms in total. The third-order valence-corrected chi connectivity index (χ3v) is 26.2. The van der Waals surface area contributed by atoms with Gasteiger partial charge in [0, 0.05) is 148 Å². The monoisotopic (exact) mass is 1760 g/mol. The van der Waals surface area contributed by atoms with Crippen LogP contribution in [0.3, 0.4) is 0 Å².